The number of carboxylic acids is 1. The Morgan fingerprint density at radius 1 is 0.548 bits per heavy atom. The van der Waals surface area contributed by atoms with Gasteiger partial charge in [0.2, 0.25) is 50.6 Å². The summed E-state index contributed by atoms with van der Waals surface area (Å²) in [7, 11) is -7.84. The second-order valence-electron chi connectivity index (χ2n) is 32.6. The van der Waals surface area contributed by atoms with Crippen LogP contribution in [0.3, 0.4) is 0 Å². The van der Waals surface area contributed by atoms with Crippen LogP contribution in [0.4, 0.5) is 27.2 Å². The van der Waals surface area contributed by atoms with Crippen molar-refractivity contribution in [3.05, 3.63) is 132 Å². The van der Waals surface area contributed by atoms with Crippen molar-refractivity contribution in [1.82, 2.24) is 65.2 Å². The van der Waals surface area contributed by atoms with E-state index in [1.54, 1.807) is 30.3 Å². The van der Waals surface area contributed by atoms with Crippen LogP contribution in [0.15, 0.2) is 121 Å². The number of sulfonamides is 2. The van der Waals surface area contributed by atoms with E-state index in [9.17, 15) is 77.9 Å². The molecule has 4 aliphatic carbocycles. The fraction of sp³-hybridized carbons (Fsp3) is 0.500. The Kier molecular flexibility index (Phi) is 25.0. The maximum Gasteiger partial charge on any atom is 0.407 e. The summed E-state index contributed by atoms with van der Waals surface area (Å²) in [5.41, 5.74) is 7.63. The molecule has 8 aliphatic rings. The highest BCUT2D eigenvalue weighted by atomic mass is 32.2. The quantitative estimate of drug-likeness (QED) is 0.0529. The van der Waals surface area contributed by atoms with Gasteiger partial charge in [0.25, 0.3) is 11.8 Å². The van der Waals surface area contributed by atoms with Crippen molar-refractivity contribution in [3.8, 4) is 45.0 Å². The van der Waals surface area contributed by atoms with E-state index in [0.29, 0.717) is 61.3 Å². The van der Waals surface area contributed by atoms with Gasteiger partial charge in [0.05, 0.1) is 41.7 Å². The Labute approximate surface area is 663 Å². The van der Waals surface area contributed by atoms with E-state index in [0.717, 1.165) is 59.1 Å². The van der Waals surface area contributed by atoms with Gasteiger partial charge < -0.3 is 46.1 Å². The summed E-state index contributed by atoms with van der Waals surface area (Å²) in [5, 5.41) is 36.2. The highest BCUT2D eigenvalue weighted by Gasteiger charge is 2.67. The summed E-state index contributed by atoms with van der Waals surface area (Å²) in [4.78, 5) is 112. The largest absolute Gasteiger partial charge is 0.480 e. The molecule has 8 N–H and O–H groups in total. The molecule has 12 bridgehead atoms. The van der Waals surface area contributed by atoms with Crippen LogP contribution in [-0.4, -0.2) is 194 Å². The van der Waals surface area contributed by atoms with Gasteiger partial charge in [0.15, 0.2) is 0 Å². The lowest BCUT2D eigenvalue weighted by atomic mass is 9.85. The van der Waals surface area contributed by atoms with Crippen molar-refractivity contribution in [3.63, 3.8) is 0 Å². The first-order valence-electron chi connectivity index (χ1n) is 38.5. The van der Waals surface area contributed by atoms with Gasteiger partial charge in [-0.15, -0.1) is 0 Å². The lowest BCUT2D eigenvalue weighted by Gasteiger charge is -2.35. The van der Waals surface area contributed by atoms with E-state index in [1.165, 1.54) is 14.6 Å². The zero-order valence-corrected chi connectivity index (χ0v) is 66.1. The van der Waals surface area contributed by atoms with Gasteiger partial charge in [-0.2, -0.15) is 30.0 Å². The van der Waals surface area contributed by atoms with Gasteiger partial charge in [0.1, 0.15) is 58.0 Å². The minimum absolute atomic E-state index is 0.0875. The molecule has 29 nitrogen and oxygen atoms in total. The molecule has 7 amide bonds. The van der Waals surface area contributed by atoms with Crippen molar-refractivity contribution in [2.45, 2.75) is 202 Å². The second kappa shape index (κ2) is 34.2. The molecular formula is C80H96F4N14O15S2. The molecule has 6 fully saturated rings. The molecule has 4 aromatic carbocycles. The Morgan fingerprint density at radius 2 is 0.948 bits per heavy atom. The van der Waals surface area contributed by atoms with Crippen LogP contribution < -0.4 is 31.1 Å². The molecule has 115 heavy (non-hydrogen) atoms. The standard InChI is InChI=1S/C40H47F2N7O7S.C32H37N5O5.C8H12F2N2O3S/c1-39(2,3)33-36(51)48-23-27(21-30(48)35(50)44-40(22-29(40)34(41)42)37(52)47-57(54,55)28-17-18-28)49-45-31(25-14-8-6-9-15-25)32(46-49)26-16-11-13-24(20-26)12-7-4-5-10-19-56-38(53)43-33;1-32(2,3)28-29(38)36-20-24(19-25(36)30(39)40)37-34-26(22-14-8-6-9-15-22)27(35-37)23-16-11-13-21(18-23)12-7-4-5-10-17-42-31(41)33-28;9-6(10)5-3-8(5,11)7(13)12-16(14,15)4-1-2-4/h6-9,11-16,20,27-30,33-34H,4-5,10,17-19,21-23H2,1-3H3,(H,43,53)(H,44,50)(H,47,52);6-9,11-16,18,24-25,28H,4-5,10,17,19-20H2,1-3H3,(H,33,41)(H,39,40);4-6H,1-3,11H2,(H,12,13)/b2*12-7+;/t27-,29+,30+,33-,40-;24-,25+,28-;5-,8+/m110/s1. The Balaban J connectivity index is 0.000000183. The fourth-order valence-electron chi connectivity index (χ4n) is 14.5. The lowest BCUT2D eigenvalue weighted by Crippen LogP contribution is -2.60. The topological polar surface area (TPSA) is 398 Å². The molecule has 0 radical (unpaired) electrons. The predicted molar refractivity (Wildman–Crippen MR) is 415 cm³/mol. The average molecular weight is 1630 g/mol. The molecule has 6 aromatic rings. The Morgan fingerprint density at radius 3 is 1.34 bits per heavy atom. The maximum atomic E-state index is 14.7. The highest BCUT2D eigenvalue weighted by molar-refractivity contribution is 7.91. The number of aliphatic carboxylic acids is 1. The lowest BCUT2D eigenvalue weighted by molar-refractivity contribution is -0.150. The molecular weight excluding hydrogens is 1540 g/mol. The third kappa shape index (κ3) is 19.8. The van der Waals surface area contributed by atoms with Crippen molar-refractivity contribution in [1.29, 1.82) is 0 Å². The van der Waals surface area contributed by atoms with Gasteiger partial charge in [0, 0.05) is 54.1 Å². The SMILES string of the molecule is CC(C)(C)[C@@H]1NC(=O)OCCCC/C=C/c2cccc(c2)-c2nn(nc2-c2ccccc2)[C@@H]2C[C@@H](C(=O)N[C@]3(C(=O)NS(=O)(=O)C4CC4)C[C@H]3C(F)F)N(C2)C1=O.CC(C)(C)[C@@H]1NC(=O)OCCCC/C=C/c2cccc(c2)-c2nn(nc2-c2ccccc2)[C@@H]2C[C@@H](C(=O)O)N(C2)C1=O.N[C@]1(C(=O)NS(=O)(=O)C2CC2)C[C@H]1C(F)F. The minimum Gasteiger partial charge on any atom is -0.480 e. The van der Waals surface area contributed by atoms with Crippen molar-refractivity contribution < 1.29 is 87.3 Å². The van der Waals surface area contributed by atoms with Crippen LogP contribution in [0.1, 0.15) is 155 Å². The number of alkyl halides is 4. The number of fused-ring (bicyclic) bond motifs is 16. The number of amides is 7. The number of alkyl carbamates (subject to hydrolysis) is 2. The Bertz CT molecular complexity index is 4940. The number of carbonyl (C=O) groups excluding carboxylic acids is 7. The van der Waals surface area contributed by atoms with E-state index in [4.69, 9.17) is 35.6 Å². The van der Waals surface area contributed by atoms with E-state index in [2.05, 4.69) is 34.2 Å². The number of rotatable bonds is 13. The van der Waals surface area contributed by atoms with E-state index in [-0.39, 0.29) is 45.6 Å². The number of carbonyl (C=O) groups is 8. The number of allylic oxidation sites excluding steroid dienone is 2. The third-order valence-electron chi connectivity index (χ3n) is 21.7. The zero-order chi connectivity index (χ0) is 82.7. The minimum atomic E-state index is -4.13. The monoisotopic (exact) mass is 1630 g/mol. The number of hydrogen-bond donors (Lipinski definition) is 7. The van der Waals surface area contributed by atoms with E-state index < -0.39 is 168 Å². The first-order valence-corrected chi connectivity index (χ1v) is 41.6. The van der Waals surface area contributed by atoms with E-state index in [1.807, 2.05) is 141 Å². The number of nitrogens with one attached hydrogen (secondary N) is 5. The number of hydrogen-bond acceptors (Lipinski definition) is 19. The van der Waals surface area contributed by atoms with Crippen LogP contribution in [0.2, 0.25) is 0 Å². The summed E-state index contributed by atoms with van der Waals surface area (Å²) in [6.45, 7) is 11.0. The molecule has 0 unspecified atom stereocenters. The van der Waals surface area contributed by atoms with Crippen LogP contribution in [0.5, 0.6) is 0 Å². The summed E-state index contributed by atoms with van der Waals surface area (Å²) in [5.74, 6) is -8.32. The first-order chi connectivity index (χ1) is 54.5. The second-order valence-corrected chi connectivity index (χ2v) is 36.6. The van der Waals surface area contributed by atoms with Crippen LogP contribution in [-0.2, 0) is 58.3 Å². The van der Waals surface area contributed by atoms with Crippen molar-refractivity contribution in [2.24, 2.45) is 28.4 Å². The summed E-state index contributed by atoms with van der Waals surface area (Å²) in [6, 6.07) is 29.1. The van der Waals surface area contributed by atoms with Gasteiger partial charge in [-0.05, 0) is 111 Å². The molecule has 14 rings (SSSR count). The number of carboxylic acid groups (broad SMARTS) is 1. The normalized spacial score (nSPS) is 26.0. The van der Waals surface area contributed by atoms with Crippen LogP contribution in [0, 0.1) is 22.7 Å². The molecule has 0 spiro atoms. The average Bonchev–Trinajstić information content (AvgIpc) is 1.57. The fourth-order valence-corrected chi connectivity index (χ4v) is 17.2. The third-order valence-corrected chi connectivity index (χ3v) is 25.3. The number of benzene rings is 4. The first kappa shape index (κ1) is 84.0. The van der Waals surface area contributed by atoms with Gasteiger partial charge in [-0.3, -0.25) is 33.4 Å². The predicted octanol–water partition coefficient (Wildman–Crippen LogP) is 9.59. The molecule has 616 valence electrons. The van der Waals surface area contributed by atoms with Gasteiger partial charge in [-0.25, -0.2) is 48.8 Å². The number of cyclic esters (lactones) is 2. The number of halogens is 4. The number of nitrogens with zero attached hydrogens (tertiary/aromatic N) is 8. The van der Waals surface area contributed by atoms with Crippen LogP contribution >= 0.6 is 0 Å². The smallest absolute Gasteiger partial charge is 0.407 e. The van der Waals surface area contributed by atoms with Gasteiger partial charge >= 0.3 is 18.2 Å². The summed E-state index contributed by atoms with van der Waals surface area (Å²) < 4.78 is 116. The number of nitrogens with two attached hydrogens (primary N) is 1. The zero-order valence-electron chi connectivity index (χ0n) is 64.5. The number of ether oxygens (including phenoxy) is 2. The van der Waals surface area contributed by atoms with Crippen molar-refractivity contribution in [2.75, 3.05) is 26.3 Å². The van der Waals surface area contributed by atoms with Crippen molar-refractivity contribution >= 4 is 79.9 Å². The molecule has 2 aromatic heterocycles. The Hall–Kier alpha value is -10.4. The van der Waals surface area contributed by atoms with Gasteiger partial charge in [-0.1, -0.05) is 163 Å². The molecule has 10 atom stereocenters. The molecule has 4 aliphatic heterocycles. The molecule has 35 heteroatoms. The molecule has 4 saturated carbocycles. The van der Waals surface area contributed by atoms with Crippen LogP contribution in [0.25, 0.3) is 57.2 Å². The van der Waals surface area contributed by atoms with E-state index >= 15 is 0 Å². The summed E-state index contributed by atoms with van der Waals surface area (Å²) >= 11 is 0. The maximum absolute atomic E-state index is 14.7. The molecule has 6 heterocycles. The summed E-state index contributed by atoms with van der Waals surface area (Å²) in [6.07, 6.45) is 6.34. The highest BCUT2D eigenvalue weighted by Crippen LogP contribution is 2.50. The molecule has 2 saturated heterocycles. The number of aromatic nitrogens is 6.